The number of rotatable bonds is 1. The molecule has 2 unspecified atom stereocenters. The second-order valence-electron chi connectivity index (χ2n) is 4.22. The van der Waals surface area contributed by atoms with Crippen LogP contribution < -0.4 is 5.32 Å². The Balaban J connectivity index is 2.25. The first-order valence-corrected chi connectivity index (χ1v) is 4.31. The standard InChI is InChI=1S/C9H14N2O2/c1-9(2,3)13-8(12)11-7-4-6(7)5-10/h6-7H,4H2,1-3H3,(H,11,12). The largest absolute Gasteiger partial charge is 0.444 e. The van der Waals surface area contributed by atoms with Crippen molar-refractivity contribution in [3.63, 3.8) is 0 Å². The summed E-state index contributed by atoms with van der Waals surface area (Å²) in [6.45, 7) is 5.42. The van der Waals surface area contributed by atoms with Crippen LogP contribution in [0.4, 0.5) is 4.79 Å². The summed E-state index contributed by atoms with van der Waals surface area (Å²) >= 11 is 0. The highest BCUT2D eigenvalue weighted by Gasteiger charge is 2.39. The maximum atomic E-state index is 11.1. The highest BCUT2D eigenvalue weighted by atomic mass is 16.6. The fourth-order valence-corrected chi connectivity index (χ4v) is 0.956. The number of carbonyl (C=O) groups is 1. The van der Waals surface area contributed by atoms with Crippen LogP contribution in [-0.2, 0) is 4.74 Å². The molecular weight excluding hydrogens is 168 g/mol. The zero-order chi connectivity index (χ0) is 10.1. The molecule has 1 rings (SSSR count). The van der Waals surface area contributed by atoms with Crippen molar-refractivity contribution in [1.82, 2.24) is 5.32 Å². The number of carbonyl (C=O) groups excluding carboxylic acids is 1. The molecule has 0 aliphatic heterocycles. The molecule has 0 bridgehead atoms. The molecule has 0 aromatic carbocycles. The van der Waals surface area contributed by atoms with Gasteiger partial charge in [0.15, 0.2) is 0 Å². The minimum absolute atomic E-state index is 0.000139. The van der Waals surface area contributed by atoms with Crippen LogP contribution in [0.1, 0.15) is 27.2 Å². The number of nitrogens with zero attached hydrogens (tertiary/aromatic N) is 1. The third-order valence-corrected chi connectivity index (χ3v) is 1.66. The summed E-state index contributed by atoms with van der Waals surface area (Å²) in [4.78, 5) is 11.1. The van der Waals surface area contributed by atoms with E-state index in [1.165, 1.54) is 0 Å². The number of ether oxygens (including phenoxy) is 1. The smallest absolute Gasteiger partial charge is 0.407 e. The first kappa shape index (κ1) is 9.85. The van der Waals surface area contributed by atoms with Crippen LogP contribution in [0.5, 0.6) is 0 Å². The number of hydrogen-bond acceptors (Lipinski definition) is 3. The van der Waals surface area contributed by atoms with Gasteiger partial charge in [0.25, 0.3) is 0 Å². The number of nitrogens with one attached hydrogen (secondary N) is 1. The van der Waals surface area contributed by atoms with Crippen molar-refractivity contribution >= 4 is 6.09 Å². The van der Waals surface area contributed by atoms with Crippen LogP contribution >= 0.6 is 0 Å². The first-order valence-electron chi connectivity index (χ1n) is 4.31. The molecule has 0 saturated heterocycles. The number of alkyl carbamates (subject to hydrolysis) is 1. The Hall–Kier alpha value is -1.24. The molecular formula is C9H14N2O2. The number of nitriles is 1. The molecule has 4 heteroatoms. The Morgan fingerprint density at radius 3 is 2.62 bits per heavy atom. The molecule has 72 valence electrons. The molecule has 1 saturated carbocycles. The van der Waals surface area contributed by atoms with Crippen molar-refractivity contribution in [3.8, 4) is 6.07 Å². The molecule has 2 atom stereocenters. The van der Waals surface area contributed by atoms with Crippen LogP contribution in [-0.4, -0.2) is 17.7 Å². The van der Waals surface area contributed by atoms with E-state index < -0.39 is 11.7 Å². The molecule has 1 aliphatic carbocycles. The molecule has 1 amide bonds. The molecule has 0 aromatic heterocycles. The lowest BCUT2D eigenvalue weighted by molar-refractivity contribution is 0.0522. The zero-order valence-corrected chi connectivity index (χ0v) is 8.13. The second kappa shape index (κ2) is 3.25. The van der Waals surface area contributed by atoms with Crippen molar-refractivity contribution in [2.75, 3.05) is 0 Å². The summed E-state index contributed by atoms with van der Waals surface area (Å²) in [6.07, 6.45) is 0.311. The lowest BCUT2D eigenvalue weighted by Crippen LogP contribution is -2.34. The van der Waals surface area contributed by atoms with E-state index in [1.54, 1.807) is 20.8 Å². The van der Waals surface area contributed by atoms with Gasteiger partial charge in [0.2, 0.25) is 0 Å². The quantitative estimate of drug-likeness (QED) is 0.667. The Morgan fingerprint density at radius 1 is 1.62 bits per heavy atom. The van der Waals surface area contributed by atoms with E-state index in [0.717, 1.165) is 6.42 Å². The highest BCUT2D eigenvalue weighted by molar-refractivity contribution is 5.68. The predicted octanol–water partition coefficient (Wildman–Crippen LogP) is 1.42. The van der Waals surface area contributed by atoms with Crippen molar-refractivity contribution in [2.24, 2.45) is 5.92 Å². The first-order chi connectivity index (χ1) is 5.92. The van der Waals surface area contributed by atoms with Gasteiger partial charge in [-0.15, -0.1) is 0 Å². The highest BCUT2D eigenvalue weighted by Crippen LogP contribution is 2.29. The van der Waals surface area contributed by atoms with Crippen LogP contribution in [0.15, 0.2) is 0 Å². The second-order valence-corrected chi connectivity index (χ2v) is 4.22. The maximum absolute atomic E-state index is 11.1. The Bertz CT molecular complexity index is 249. The maximum Gasteiger partial charge on any atom is 0.407 e. The lowest BCUT2D eigenvalue weighted by atomic mass is 10.2. The summed E-state index contributed by atoms with van der Waals surface area (Å²) in [5.41, 5.74) is -0.471. The van der Waals surface area contributed by atoms with Crippen molar-refractivity contribution in [1.29, 1.82) is 5.26 Å². The Morgan fingerprint density at radius 2 is 2.23 bits per heavy atom. The molecule has 4 nitrogen and oxygen atoms in total. The van der Waals surface area contributed by atoms with Crippen LogP contribution in [0.2, 0.25) is 0 Å². The van der Waals surface area contributed by atoms with Gasteiger partial charge < -0.3 is 10.1 Å². The lowest BCUT2D eigenvalue weighted by Gasteiger charge is -2.19. The molecule has 0 aromatic rings. The minimum Gasteiger partial charge on any atom is -0.444 e. The van der Waals surface area contributed by atoms with E-state index >= 15 is 0 Å². The van der Waals surface area contributed by atoms with Gasteiger partial charge in [-0.25, -0.2) is 4.79 Å². The Labute approximate surface area is 77.9 Å². The third kappa shape index (κ3) is 3.32. The molecule has 0 spiro atoms. The zero-order valence-electron chi connectivity index (χ0n) is 8.13. The third-order valence-electron chi connectivity index (χ3n) is 1.66. The molecule has 13 heavy (non-hydrogen) atoms. The van der Waals surface area contributed by atoms with Crippen LogP contribution in [0.25, 0.3) is 0 Å². The number of amides is 1. The fourth-order valence-electron chi connectivity index (χ4n) is 0.956. The molecule has 1 aliphatic rings. The average Bonchev–Trinajstić information content (AvgIpc) is 2.62. The van der Waals surface area contributed by atoms with Gasteiger partial charge in [0, 0.05) is 6.04 Å². The van der Waals surface area contributed by atoms with Gasteiger partial charge in [0.1, 0.15) is 5.60 Å². The number of hydrogen-bond donors (Lipinski definition) is 1. The van der Waals surface area contributed by atoms with Gasteiger partial charge in [-0.1, -0.05) is 0 Å². The molecule has 0 heterocycles. The van der Waals surface area contributed by atoms with E-state index in [9.17, 15) is 4.79 Å². The summed E-state index contributed by atoms with van der Waals surface area (Å²) in [5, 5.41) is 11.1. The molecule has 1 N–H and O–H groups in total. The van der Waals surface area contributed by atoms with Gasteiger partial charge in [0.05, 0.1) is 12.0 Å². The minimum atomic E-state index is -0.471. The van der Waals surface area contributed by atoms with Crippen molar-refractivity contribution < 1.29 is 9.53 Å². The average molecular weight is 182 g/mol. The SMILES string of the molecule is CC(C)(C)OC(=O)NC1CC1C#N. The topological polar surface area (TPSA) is 62.1 Å². The van der Waals surface area contributed by atoms with Gasteiger partial charge in [-0.2, -0.15) is 5.26 Å². The summed E-state index contributed by atoms with van der Waals surface area (Å²) in [6, 6.07) is 2.09. The Kier molecular flexibility index (Phi) is 2.46. The van der Waals surface area contributed by atoms with Crippen LogP contribution in [0, 0.1) is 17.2 Å². The van der Waals surface area contributed by atoms with E-state index in [4.69, 9.17) is 10.00 Å². The van der Waals surface area contributed by atoms with E-state index in [0.29, 0.717) is 0 Å². The van der Waals surface area contributed by atoms with E-state index in [-0.39, 0.29) is 12.0 Å². The van der Waals surface area contributed by atoms with Crippen molar-refractivity contribution in [3.05, 3.63) is 0 Å². The van der Waals surface area contributed by atoms with Gasteiger partial charge in [-0.3, -0.25) is 0 Å². The molecule has 0 radical (unpaired) electrons. The van der Waals surface area contributed by atoms with Gasteiger partial charge >= 0.3 is 6.09 Å². The summed E-state index contributed by atoms with van der Waals surface area (Å²) in [5.74, 6) is -0.0208. The predicted molar refractivity (Wildman–Crippen MR) is 46.9 cm³/mol. The van der Waals surface area contributed by atoms with Crippen molar-refractivity contribution in [2.45, 2.75) is 38.8 Å². The summed E-state index contributed by atoms with van der Waals surface area (Å²) in [7, 11) is 0. The monoisotopic (exact) mass is 182 g/mol. The van der Waals surface area contributed by atoms with Crippen LogP contribution in [0.3, 0.4) is 0 Å². The normalized spacial score (nSPS) is 26.0. The van der Waals surface area contributed by atoms with E-state index in [1.807, 2.05) is 0 Å². The summed E-state index contributed by atoms with van der Waals surface area (Å²) < 4.78 is 5.02. The van der Waals surface area contributed by atoms with Gasteiger partial charge in [-0.05, 0) is 27.2 Å². The molecule has 1 fully saturated rings. The fraction of sp³-hybridized carbons (Fsp3) is 0.778. The van der Waals surface area contributed by atoms with E-state index in [2.05, 4.69) is 11.4 Å².